The summed E-state index contributed by atoms with van der Waals surface area (Å²) in [7, 11) is 0. The molecule has 1 saturated heterocycles. The number of likely N-dealkylation sites (tertiary alicyclic amines) is 1. The van der Waals surface area contributed by atoms with Crippen molar-refractivity contribution in [2.24, 2.45) is 0 Å². The van der Waals surface area contributed by atoms with Crippen LogP contribution in [0.15, 0.2) is 41.3 Å². The van der Waals surface area contributed by atoms with Gasteiger partial charge >= 0.3 is 0 Å². The molecular formula is C20H23ClN2O4. The van der Waals surface area contributed by atoms with Gasteiger partial charge in [0.2, 0.25) is 0 Å². The number of aromatic amines is 1. The molecule has 1 aromatic heterocycles. The third-order valence-corrected chi connectivity index (χ3v) is 4.94. The van der Waals surface area contributed by atoms with E-state index in [0.717, 1.165) is 5.56 Å². The van der Waals surface area contributed by atoms with Crippen LogP contribution >= 0.6 is 11.6 Å². The van der Waals surface area contributed by atoms with Crippen LogP contribution in [0.3, 0.4) is 0 Å². The molecule has 1 amide bonds. The Kier molecular flexibility index (Phi) is 5.87. The maximum absolute atomic E-state index is 12.6. The molecule has 2 heterocycles. The van der Waals surface area contributed by atoms with Crippen molar-refractivity contribution >= 4 is 17.5 Å². The Balaban J connectivity index is 1.67. The van der Waals surface area contributed by atoms with Crippen LogP contribution in [0.5, 0.6) is 5.75 Å². The quantitative estimate of drug-likeness (QED) is 0.840. The molecule has 1 aromatic carbocycles. The minimum absolute atomic E-state index is 0.0290. The lowest BCUT2D eigenvalue weighted by Crippen LogP contribution is -2.51. The van der Waals surface area contributed by atoms with Gasteiger partial charge in [0.05, 0.1) is 11.6 Å². The summed E-state index contributed by atoms with van der Waals surface area (Å²) in [5.74, 6) is 0.642. The average Bonchev–Trinajstić information content (AvgIpc) is 2.65. The van der Waals surface area contributed by atoms with E-state index in [1.807, 2.05) is 24.3 Å². The fraction of sp³-hybridized carbons (Fsp3) is 0.400. The molecule has 1 aliphatic rings. The maximum atomic E-state index is 12.6. The van der Waals surface area contributed by atoms with Gasteiger partial charge in [-0.1, -0.05) is 37.6 Å². The number of benzene rings is 1. The SMILES string of the molecule is CC(C)c1cccc(O[C@@H]2CCN(C(=O)c3cc(Cl)c[nH]c3=O)C[C@H]2O)c1. The highest BCUT2D eigenvalue weighted by Crippen LogP contribution is 2.24. The zero-order chi connectivity index (χ0) is 19.6. The summed E-state index contributed by atoms with van der Waals surface area (Å²) in [5.41, 5.74) is 0.635. The van der Waals surface area contributed by atoms with Gasteiger partial charge in [0, 0.05) is 19.2 Å². The molecule has 2 N–H and O–H groups in total. The van der Waals surface area contributed by atoms with Gasteiger partial charge in [-0.05, 0) is 29.7 Å². The summed E-state index contributed by atoms with van der Waals surface area (Å²) in [6.45, 7) is 4.70. The number of nitrogens with zero attached hydrogens (tertiary/aromatic N) is 1. The highest BCUT2D eigenvalue weighted by Gasteiger charge is 2.32. The molecule has 2 atom stereocenters. The molecule has 3 rings (SSSR count). The summed E-state index contributed by atoms with van der Waals surface area (Å²) in [6, 6.07) is 9.15. The molecule has 1 fully saturated rings. The van der Waals surface area contributed by atoms with Crippen molar-refractivity contribution in [1.29, 1.82) is 0 Å². The minimum atomic E-state index is -0.844. The van der Waals surface area contributed by atoms with E-state index >= 15 is 0 Å². The van der Waals surface area contributed by atoms with Crippen molar-refractivity contribution in [2.45, 2.75) is 38.4 Å². The fourth-order valence-corrected chi connectivity index (χ4v) is 3.30. The molecule has 27 heavy (non-hydrogen) atoms. The van der Waals surface area contributed by atoms with Crippen LogP contribution in [0, 0.1) is 0 Å². The van der Waals surface area contributed by atoms with Gasteiger partial charge in [-0.15, -0.1) is 0 Å². The van der Waals surface area contributed by atoms with Crippen molar-refractivity contribution < 1.29 is 14.6 Å². The molecule has 2 aromatic rings. The molecule has 1 aliphatic heterocycles. The van der Waals surface area contributed by atoms with E-state index in [-0.39, 0.29) is 17.1 Å². The number of ether oxygens (including phenoxy) is 1. The smallest absolute Gasteiger partial charge is 0.260 e. The van der Waals surface area contributed by atoms with Crippen LogP contribution in [-0.4, -0.2) is 46.2 Å². The molecule has 0 radical (unpaired) electrons. The number of aliphatic hydroxyl groups excluding tert-OH is 1. The second kappa shape index (κ2) is 8.15. The first-order valence-electron chi connectivity index (χ1n) is 8.97. The summed E-state index contributed by atoms with van der Waals surface area (Å²) in [4.78, 5) is 28.4. The largest absolute Gasteiger partial charge is 0.488 e. The first-order chi connectivity index (χ1) is 12.8. The monoisotopic (exact) mass is 390 g/mol. The van der Waals surface area contributed by atoms with Gasteiger partial charge in [-0.25, -0.2) is 0 Å². The molecule has 0 bridgehead atoms. The average molecular weight is 391 g/mol. The standard InChI is InChI=1S/C20H23ClN2O4/c1-12(2)13-4-3-5-15(8-13)27-18-6-7-23(11-17(18)24)20(26)16-9-14(21)10-22-19(16)25/h3-5,8-10,12,17-18,24H,6-7,11H2,1-2H3,(H,22,25)/t17-,18-/m1/s1. The Hall–Kier alpha value is -2.31. The Labute approximate surface area is 162 Å². The van der Waals surface area contributed by atoms with Crippen molar-refractivity contribution in [3.05, 3.63) is 63.0 Å². The molecule has 7 heteroatoms. The van der Waals surface area contributed by atoms with E-state index < -0.39 is 23.7 Å². The summed E-state index contributed by atoms with van der Waals surface area (Å²) < 4.78 is 5.96. The van der Waals surface area contributed by atoms with Crippen molar-refractivity contribution in [3.63, 3.8) is 0 Å². The lowest BCUT2D eigenvalue weighted by atomic mass is 10.0. The Bertz CT molecular complexity index is 880. The Morgan fingerprint density at radius 1 is 1.37 bits per heavy atom. The highest BCUT2D eigenvalue weighted by atomic mass is 35.5. The minimum Gasteiger partial charge on any atom is -0.488 e. The van der Waals surface area contributed by atoms with Crippen LogP contribution in [0.25, 0.3) is 0 Å². The van der Waals surface area contributed by atoms with Gasteiger partial charge < -0.3 is 19.7 Å². The van der Waals surface area contributed by atoms with Crippen LogP contribution in [-0.2, 0) is 0 Å². The molecule has 144 valence electrons. The summed E-state index contributed by atoms with van der Waals surface area (Å²) in [6.07, 6.45) is 0.552. The molecule has 0 spiro atoms. The summed E-state index contributed by atoms with van der Waals surface area (Å²) >= 11 is 5.87. The number of H-pyrrole nitrogens is 1. The third kappa shape index (κ3) is 4.51. The maximum Gasteiger partial charge on any atom is 0.260 e. The number of β-amino-alcohol motifs (C(OH)–C–C–N with tert-alkyl or cyclic N) is 1. The van der Waals surface area contributed by atoms with E-state index in [9.17, 15) is 14.7 Å². The number of amides is 1. The van der Waals surface area contributed by atoms with E-state index in [1.165, 1.54) is 17.2 Å². The molecule has 6 nitrogen and oxygen atoms in total. The van der Waals surface area contributed by atoms with Gasteiger partial charge in [-0.3, -0.25) is 9.59 Å². The van der Waals surface area contributed by atoms with Crippen LogP contribution in [0.4, 0.5) is 0 Å². The van der Waals surface area contributed by atoms with E-state index in [2.05, 4.69) is 18.8 Å². The van der Waals surface area contributed by atoms with Crippen molar-refractivity contribution in [2.75, 3.05) is 13.1 Å². The van der Waals surface area contributed by atoms with E-state index in [0.29, 0.717) is 24.6 Å². The second-order valence-corrected chi connectivity index (χ2v) is 7.49. The number of aliphatic hydroxyl groups is 1. The number of hydrogen-bond acceptors (Lipinski definition) is 4. The number of carbonyl (C=O) groups is 1. The molecular weight excluding hydrogens is 368 g/mol. The van der Waals surface area contributed by atoms with Gasteiger partial charge in [0.25, 0.3) is 11.5 Å². The number of nitrogens with one attached hydrogen (secondary N) is 1. The number of carbonyl (C=O) groups excluding carboxylic acids is 1. The first kappa shape index (κ1) is 19.5. The first-order valence-corrected chi connectivity index (χ1v) is 9.35. The molecule has 0 aliphatic carbocycles. The number of piperidine rings is 1. The zero-order valence-electron chi connectivity index (χ0n) is 15.3. The topological polar surface area (TPSA) is 82.6 Å². The van der Waals surface area contributed by atoms with Crippen molar-refractivity contribution in [1.82, 2.24) is 9.88 Å². The fourth-order valence-electron chi connectivity index (χ4n) is 3.14. The van der Waals surface area contributed by atoms with Crippen LogP contribution in [0.1, 0.15) is 42.1 Å². The molecule has 0 saturated carbocycles. The number of rotatable bonds is 4. The third-order valence-electron chi connectivity index (χ3n) is 4.72. The normalized spacial score (nSPS) is 20.0. The van der Waals surface area contributed by atoms with E-state index in [1.54, 1.807) is 0 Å². The van der Waals surface area contributed by atoms with Crippen LogP contribution < -0.4 is 10.3 Å². The van der Waals surface area contributed by atoms with Crippen molar-refractivity contribution in [3.8, 4) is 5.75 Å². The van der Waals surface area contributed by atoms with Crippen LogP contribution in [0.2, 0.25) is 5.02 Å². The van der Waals surface area contributed by atoms with Gasteiger partial charge in [-0.2, -0.15) is 0 Å². The zero-order valence-corrected chi connectivity index (χ0v) is 16.1. The van der Waals surface area contributed by atoms with E-state index in [4.69, 9.17) is 16.3 Å². The molecule has 0 unspecified atom stereocenters. The number of pyridine rings is 1. The lowest BCUT2D eigenvalue weighted by Gasteiger charge is -2.36. The second-order valence-electron chi connectivity index (χ2n) is 7.05. The number of hydrogen-bond donors (Lipinski definition) is 2. The highest BCUT2D eigenvalue weighted by molar-refractivity contribution is 6.30. The van der Waals surface area contributed by atoms with Gasteiger partial charge in [0.15, 0.2) is 0 Å². The Morgan fingerprint density at radius 2 is 2.15 bits per heavy atom. The predicted octanol–water partition coefficient (Wildman–Crippen LogP) is 2.81. The number of aromatic nitrogens is 1. The predicted molar refractivity (Wildman–Crippen MR) is 104 cm³/mol. The number of halogens is 1. The lowest BCUT2D eigenvalue weighted by molar-refractivity contribution is -0.0199. The summed E-state index contributed by atoms with van der Waals surface area (Å²) in [5, 5.41) is 10.7. The van der Waals surface area contributed by atoms with Gasteiger partial charge in [0.1, 0.15) is 23.5 Å². The Morgan fingerprint density at radius 3 is 2.85 bits per heavy atom.